The molecule has 1 atom stereocenters. The number of ether oxygens (including phenoxy) is 1. The van der Waals surface area contributed by atoms with E-state index in [1.54, 1.807) is 7.11 Å². The summed E-state index contributed by atoms with van der Waals surface area (Å²) in [5.74, 6) is 0. The van der Waals surface area contributed by atoms with Crippen molar-refractivity contribution in [2.45, 2.75) is 32.7 Å². The maximum atomic E-state index is 5.08. The zero-order valence-electron chi connectivity index (χ0n) is 9.26. The fourth-order valence-corrected chi connectivity index (χ4v) is 1.43. The van der Waals surface area contributed by atoms with Crippen LogP contribution in [0.15, 0.2) is 0 Å². The average Bonchev–Trinajstić information content (AvgIpc) is 2.00. The molecule has 0 saturated heterocycles. The van der Waals surface area contributed by atoms with E-state index in [0.717, 1.165) is 17.5 Å². The van der Waals surface area contributed by atoms with Gasteiger partial charge in [-0.25, -0.2) is 0 Å². The third-order valence-corrected chi connectivity index (χ3v) is 2.73. The highest BCUT2D eigenvalue weighted by atomic mass is 16.5. The summed E-state index contributed by atoms with van der Waals surface area (Å²) in [5.41, 5.74) is 0. The van der Waals surface area contributed by atoms with Gasteiger partial charge in [0.1, 0.15) is 0 Å². The Labute approximate surface area is 77.1 Å². The molecule has 74 valence electrons. The molecule has 2 heteroatoms. The van der Waals surface area contributed by atoms with E-state index in [2.05, 4.69) is 27.9 Å². The fourth-order valence-electron chi connectivity index (χ4n) is 1.43. The highest BCUT2D eigenvalue weighted by Crippen LogP contribution is 2.10. The fraction of sp³-hybridized carbons (Fsp3) is 1.00. The minimum atomic E-state index is 0.699. The van der Waals surface area contributed by atoms with Gasteiger partial charge in [-0.1, -0.05) is 6.92 Å². The summed E-state index contributed by atoms with van der Waals surface area (Å²) in [6, 6.07) is 0.699. The molecule has 0 rings (SSSR count). The molecule has 0 saturated carbocycles. The molecular formula is C10H24NO+. The molecule has 0 aromatic rings. The lowest BCUT2D eigenvalue weighted by atomic mass is 10.2. The van der Waals surface area contributed by atoms with Crippen molar-refractivity contribution in [2.75, 3.05) is 34.4 Å². The van der Waals surface area contributed by atoms with E-state index >= 15 is 0 Å². The third-order valence-electron chi connectivity index (χ3n) is 2.73. The van der Waals surface area contributed by atoms with Gasteiger partial charge in [0.2, 0.25) is 0 Å². The molecule has 0 aliphatic carbocycles. The van der Waals surface area contributed by atoms with E-state index in [4.69, 9.17) is 4.74 Å². The van der Waals surface area contributed by atoms with Crippen LogP contribution in [0.4, 0.5) is 0 Å². The Morgan fingerprint density at radius 1 is 1.33 bits per heavy atom. The Morgan fingerprint density at radius 2 is 1.92 bits per heavy atom. The van der Waals surface area contributed by atoms with Crippen LogP contribution in [0, 0.1) is 0 Å². The maximum Gasteiger partial charge on any atom is 0.0879 e. The quantitative estimate of drug-likeness (QED) is 0.559. The molecule has 0 aromatic heterocycles. The van der Waals surface area contributed by atoms with Crippen molar-refractivity contribution in [2.24, 2.45) is 0 Å². The van der Waals surface area contributed by atoms with Crippen LogP contribution < -0.4 is 0 Å². The first kappa shape index (κ1) is 11.9. The number of nitrogens with zero attached hydrogens (tertiary/aromatic N) is 1. The first-order valence-corrected chi connectivity index (χ1v) is 4.86. The first-order chi connectivity index (χ1) is 5.54. The Hall–Kier alpha value is -0.0800. The second-order valence-electron chi connectivity index (χ2n) is 4.13. The van der Waals surface area contributed by atoms with Gasteiger partial charge < -0.3 is 9.22 Å². The smallest absolute Gasteiger partial charge is 0.0879 e. The lowest BCUT2D eigenvalue weighted by molar-refractivity contribution is -0.913. The van der Waals surface area contributed by atoms with Crippen LogP contribution in [-0.4, -0.2) is 44.9 Å². The van der Waals surface area contributed by atoms with Crippen LogP contribution in [-0.2, 0) is 4.74 Å². The van der Waals surface area contributed by atoms with Crippen LogP contribution in [0.25, 0.3) is 0 Å². The number of quaternary nitrogens is 1. The van der Waals surface area contributed by atoms with Gasteiger partial charge in [0, 0.05) is 13.5 Å². The van der Waals surface area contributed by atoms with Gasteiger partial charge in [-0.3, -0.25) is 0 Å². The molecule has 0 N–H and O–H groups in total. The summed E-state index contributed by atoms with van der Waals surface area (Å²) in [6.45, 7) is 6.68. The van der Waals surface area contributed by atoms with Crippen LogP contribution in [0.2, 0.25) is 0 Å². The predicted molar refractivity (Wildman–Crippen MR) is 53.2 cm³/mol. The van der Waals surface area contributed by atoms with E-state index < -0.39 is 0 Å². The maximum absolute atomic E-state index is 5.08. The zero-order chi connectivity index (χ0) is 9.61. The zero-order valence-corrected chi connectivity index (χ0v) is 9.26. The van der Waals surface area contributed by atoms with Gasteiger partial charge >= 0.3 is 0 Å². The lowest BCUT2D eigenvalue weighted by Crippen LogP contribution is -2.48. The van der Waals surface area contributed by atoms with Crippen molar-refractivity contribution in [3.05, 3.63) is 0 Å². The van der Waals surface area contributed by atoms with Gasteiger partial charge in [-0.15, -0.1) is 0 Å². The Morgan fingerprint density at radius 3 is 2.33 bits per heavy atom. The average molecular weight is 174 g/mol. The van der Waals surface area contributed by atoms with Gasteiger partial charge in [0.15, 0.2) is 0 Å². The Balaban J connectivity index is 3.79. The minimum Gasteiger partial charge on any atom is -0.384 e. The molecule has 0 bridgehead atoms. The van der Waals surface area contributed by atoms with Crippen LogP contribution >= 0.6 is 0 Å². The highest BCUT2D eigenvalue weighted by Gasteiger charge is 2.21. The normalized spacial score (nSPS) is 14.8. The SMILES string of the molecule is CCC[N+](C)(C)C(C)CCOC. The molecular weight excluding hydrogens is 150 g/mol. The van der Waals surface area contributed by atoms with Crippen molar-refractivity contribution in [3.63, 3.8) is 0 Å². The first-order valence-electron chi connectivity index (χ1n) is 4.86. The summed E-state index contributed by atoms with van der Waals surface area (Å²) in [5, 5.41) is 0. The summed E-state index contributed by atoms with van der Waals surface area (Å²) in [7, 11) is 6.36. The Kier molecular flexibility index (Phi) is 5.51. The molecule has 0 aliphatic heterocycles. The van der Waals surface area contributed by atoms with Crippen LogP contribution in [0.1, 0.15) is 26.7 Å². The van der Waals surface area contributed by atoms with E-state index in [0.29, 0.717) is 6.04 Å². The second kappa shape index (κ2) is 5.55. The second-order valence-corrected chi connectivity index (χ2v) is 4.13. The summed E-state index contributed by atoms with van der Waals surface area (Å²) in [4.78, 5) is 0. The van der Waals surface area contributed by atoms with Crippen LogP contribution in [0.5, 0.6) is 0 Å². The Bertz CT molecular complexity index is 112. The highest BCUT2D eigenvalue weighted by molar-refractivity contribution is 4.50. The van der Waals surface area contributed by atoms with Gasteiger partial charge in [-0.2, -0.15) is 0 Å². The lowest BCUT2D eigenvalue weighted by Gasteiger charge is -2.36. The van der Waals surface area contributed by atoms with Crippen molar-refractivity contribution in [1.29, 1.82) is 0 Å². The molecule has 0 aliphatic rings. The number of hydrogen-bond donors (Lipinski definition) is 0. The predicted octanol–water partition coefficient (Wildman–Crippen LogP) is 1.90. The van der Waals surface area contributed by atoms with Gasteiger partial charge in [0.25, 0.3) is 0 Å². The largest absolute Gasteiger partial charge is 0.384 e. The molecule has 12 heavy (non-hydrogen) atoms. The van der Waals surface area contributed by atoms with Gasteiger partial charge in [-0.05, 0) is 13.3 Å². The molecule has 0 aromatic carbocycles. The number of hydrogen-bond acceptors (Lipinski definition) is 1. The molecule has 0 heterocycles. The van der Waals surface area contributed by atoms with Crippen LogP contribution in [0.3, 0.4) is 0 Å². The third kappa shape index (κ3) is 4.07. The molecule has 0 fully saturated rings. The number of methoxy groups -OCH3 is 1. The van der Waals surface area contributed by atoms with Crippen molar-refractivity contribution >= 4 is 0 Å². The van der Waals surface area contributed by atoms with Crippen molar-refractivity contribution < 1.29 is 9.22 Å². The number of rotatable bonds is 6. The monoisotopic (exact) mass is 174 g/mol. The summed E-state index contributed by atoms with van der Waals surface area (Å²) in [6.07, 6.45) is 2.41. The molecule has 2 nitrogen and oxygen atoms in total. The molecule has 0 amide bonds. The van der Waals surface area contributed by atoms with E-state index in [9.17, 15) is 0 Å². The summed E-state index contributed by atoms with van der Waals surface area (Å²) < 4.78 is 6.19. The molecule has 0 spiro atoms. The summed E-state index contributed by atoms with van der Waals surface area (Å²) >= 11 is 0. The minimum absolute atomic E-state index is 0.699. The topological polar surface area (TPSA) is 9.23 Å². The van der Waals surface area contributed by atoms with E-state index in [1.165, 1.54) is 13.0 Å². The van der Waals surface area contributed by atoms with Crippen molar-refractivity contribution in [1.82, 2.24) is 0 Å². The van der Waals surface area contributed by atoms with E-state index in [-0.39, 0.29) is 0 Å². The van der Waals surface area contributed by atoms with E-state index in [1.807, 2.05) is 0 Å². The van der Waals surface area contributed by atoms with Gasteiger partial charge in [0.05, 0.1) is 33.3 Å². The molecule has 1 unspecified atom stereocenters. The van der Waals surface area contributed by atoms with Crippen molar-refractivity contribution in [3.8, 4) is 0 Å². The molecule has 0 radical (unpaired) electrons. The standard InChI is InChI=1S/C10H24NO/c1-6-8-11(3,4)10(2)7-9-12-5/h10H,6-9H2,1-5H3/q+1.